The van der Waals surface area contributed by atoms with Gasteiger partial charge in [0.15, 0.2) is 9.84 Å². The first-order valence-electron chi connectivity index (χ1n) is 8.85. The van der Waals surface area contributed by atoms with E-state index < -0.39 is 27.6 Å². The molecule has 10 heteroatoms. The van der Waals surface area contributed by atoms with E-state index in [-0.39, 0.29) is 45.5 Å². The summed E-state index contributed by atoms with van der Waals surface area (Å²) in [5.41, 5.74) is 5.77. The number of rotatable bonds is 9. The molecule has 0 spiro atoms. The SMILES string of the molecule is CCOC(=O)c1sc(NC(=O)CCCS(=O)(=O)c2ccccc2)c(C(N)=O)c1C. The number of carbonyl (C=O) groups is 3. The Morgan fingerprint density at radius 3 is 2.41 bits per heavy atom. The van der Waals surface area contributed by atoms with Crippen molar-refractivity contribution < 1.29 is 27.5 Å². The number of sulfone groups is 1. The molecule has 156 valence electrons. The molecule has 0 aliphatic carbocycles. The summed E-state index contributed by atoms with van der Waals surface area (Å²) in [6.45, 7) is 3.37. The van der Waals surface area contributed by atoms with Crippen LogP contribution in [-0.4, -0.2) is 38.6 Å². The Kier molecular flexibility index (Phi) is 7.52. The van der Waals surface area contributed by atoms with Crippen LogP contribution < -0.4 is 11.1 Å². The van der Waals surface area contributed by atoms with Gasteiger partial charge in [0.05, 0.1) is 22.8 Å². The van der Waals surface area contributed by atoms with E-state index in [0.29, 0.717) is 5.56 Å². The first-order chi connectivity index (χ1) is 13.7. The standard InChI is InChI=1S/C19H22N2O6S2/c1-3-27-19(24)16-12(2)15(17(20)23)18(28-16)21-14(22)10-7-11-29(25,26)13-8-5-4-6-9-13/h4-6,8-9H,3,7,10-11H2,1-2H3,(H2,20,23)(H,21,22). The van der Waals surface area contributed by atoms with Gasteiger partial charge in [-0.1, -0.05) is 18.2 Å². The molecule has 0 aliphatic rings. The molecule has 2 rings (SSSR count). The van der Waals surface area contributed by atoms with E-state index in [2.05, 4.69) is 5.32 Å². The lowest BCUT2D eigenvalue weighted by Crippen LogP contribution is -2.18. The number of ether oxygens (including phenoxy) is 1. The summed E-state index contributed by atoms with van der Waals surface area (Å²) in [5.74, 6) is -2.05. The van der Waals surface area contributed by atoms with Crippen LogP contribution in [0.2, 0.25) is 0 Å². The van der Waals surface area contributed by atoms with E-state index >= 15 is 0 Å². The molecule has 3 N–H and O–H groups in total. The molecule has 0 bridgehead atoms. The minimum Gasteiger partial charge on any atom is -0.462 e. The predicted molar refractivity (Wildman–Crippen MR) is 110 cm³/mol. The van der Waals surface area contributed by atoms with Crippen molar-refractivity contribution in [3.63, 3.8) is 0 Å². The van der Waals surface area contributed by atoms with Crippen LogP contribution in [0.25, 0.3) is 0 Å². The number of thiophene rings is 1. The molecule has 0 saturated heterocycles. The van der Waals surface area contributed by atoms with Gasteiger partial charge >= 0.3 is 5.97 Å². The first kappa shape index (κ1) is 22.6. The van der Waals surface area contributed by atoms with Crippen LogP contribution in [0.1, 0.15) is 45.4 Å². The molecule has 0 radical (unpaired) electrons. The minimum absolute atomic E-state index is 0.0447. The molecule has 1 aromatic heterocycles. The molecule has 0 atom stereocenters. The van der Waals surface area contributed by atoms with Crippen LogP contribution in [0.15, 0.2) is 35.2 Å². The van der Waals surface area contributed by atoms with Crippen LogP contribution in [0.5, 0.6) is 0 Å². The molecule has 0 fully saturated rings. The quantitative estimate of drug-likeness (QED) is 0.578. The van der Waals surface area contributed by atoms with Crippen LogP contribution in [0.4, 0.5) is 5.00 Å². The zero-order valence-electron chi connectivity index (χ0n) is 16.1. The van der Waals surface area contributed by atoms with E-state index in [1.807, 2.05) is 0 Å². The number of hydrogen-bond acceptors (Lipinski definition) is 7. The fourth-order valence-electron chi connectivity index (χ4n) is 2.65. The van der Waals surface area contributed by atoms with E-state index in [9.17, 15) is 22.8 Å². The molecular formula is C19H22N2O6S2. The summed E-state index contributed by atoms with van der Waals surface area (Å²) >= 11 is 0.901. The third-order valence-corrected chi connectivity index (χ3v) is 7.03. The molecule has 2 amide bonds. The third kappa shape index (κ3) is 5.64. The van der Waals surface area contributed by atoms with Crippen molar-refractivity contribution in [3.8, 4) is 0 Å². The molecule has 29 heavy (non-hydrogen) atoms. The number of hydrogen-bond donors (Lipinski definition) is 2. The van der Waals surface area contributed by atoms with Gasteiger partial charge in [-0.05, 0) is 38.0 Å². The molecule has 2 aromatic rings. The lowest BCUT2D eigenvalue weighted by Gasteiger charge is -2.06. The highest BCUT2D eigenvalue weighted by Gasteiger charge is 2.25. The van der Waals surface area contributed by atoms with Gasteiger partial charge in [0.1, 0.15) is 9.88 Å². The predicted octanol–water partition coefficient (Wildman–Crippen LogP) is 2.52. The van der Waals surface area contributed by atoms with Crippen LogP contribution in [-0.2, 0) is 19.4 Å². The van der Waals surface area contributed by atoms with Crippen molar-refractivity contribution in [3.05, 3.63) is 46.3 Å². The molecule has 0 saturated carbocycles. The molecule has 0 aliphatic heterocycles. The van der Waals surface area contributed by atoms with Crippen LogP contribution in [0, 0.1) is 6.92 Å². The number of carbonyl (C=O) groups excluding carboxylic acids is 3. The third-order valence-electron chi connectivity index (χ3n) is 4.03. The summed E-state index contributed by atoms with van der Waals surface area (Å²) in [6.07, 6.45) is 0.0278. The number of benzene rings is 1. The van der Waals surface area contributed by atoms with Crippen molar-refractivity contribution in [2.45, 2.75) is 31.6 Å². The second-order valence-electron chi connectivity index (χ2n) is 6.13. The molecule has 8 nitrogen and oxygen atoms in total. The monoisotopic (exact) mass is 438 g/mol. The zero-order chi connectivity index (χ0) is 21.6. The average Bonchev–Trinajstić information content (AvgIpc) is 2.98. The summed E-state index contributed by atoms with van der Waals surface area (Å²) in [4.78, 5) is 36.4. The number of nitrogens with two attached hydrogens (primary N) is 1. The average molecular weight is 439 g/mol. The Morgan fingerprint density at radius 2 is 1.83 bits per heavy atom. The number of amides is 2. The van der Waals surface area contributed by atoms with Gasteiger partial charge in [0.25, 0.3) is 5.91 Å². The van der Waals surface area contributed by atoms with Gasteiger partial charge in [-0.15, -0.1) is 11.3 Å². The van der Waals surface area contributed by atoms with Gasteiger partial charge in [-0.25, -0.2) is 13.2 Å². The fourth-order valence-corrected chi connectivity index (χ4v) is 5.10. The summed E-state index contributed by atoms with van der Waals surface area (Å²) in [6, 6.07) is 7.98. The smallest absolute Gasteiger partial charge is 0.348 e. The lowest BCUT2D eigenvalue weighted by atomic mass is 10.1. The highest BCUT2D eigenvalue weighted by Crippen LogP contribution is 2.33. The van der Waals surface area contributed by atoms with Gasteiger partial charge < -0.3 is 15.8 Å². The number of anilines is 1. The van der Waals surface area contributed by atoms with E-state index in [4.69, 9.17) is 10.5 Å². The Hall–Kier alpha value is -2.72. The highest BCUT2D eigenvalue weighted by atomic mass is 32.2. The Morgan fingerprint density at radius 1 is 1.17 bits per heavy atom. The van der Waals surface area contributed by atoms with Gasteiger partial charge in [0, 0.05) is 6.42 Å². The van der Waals surface area contributed by atoms with Gasteiger partial charge in [0.2, 0.25) is 5.91 Å². The van der Waals surface area contributed by atoms with Gasteiger partial charge in [-0.2, -0.15) is 0 Å². The van der Waals surface area contributed by atoms with E-state index in [1.165, 1.54) is 12.1 Å². The fraction of sp³-hybridized carbons (Fsp3) is 0.316. The summed E-state index contributed by atoms with van der Waals surface area (Å²) < 4.78 is 29.5. The number of nitrogens with one attached hydrogen (secondary N) is 1. The van der Waals surface area contributed by atoms with Crippen molar-refractivity contribution >= 4 is 44.0 Å². The van der Waals surface area contributed by atoms with Gasteiger partial charge in [-0.3, -0.25) is 9.59 Å². The lowest BCUT2D eigenvalue weighted by molar-refractivity contribution is -0.116. The Bertz CT molecular complexity index is 1010. The van der Waals surface area contributed by atoms with Crippen molar-refractivity contribution in [1.82, 2.24) is 0 Å². The molecule has 1 aromatic carbocycles. The summed E-state index contributed by atoms with van der Waals surface area (Å²) in [7, 11) is -3.48. The van der Waals surface area contributed by atoms with Crippen molar-refractivity contribution in [2.75, 3.05) is 17.7 Å². The second-order valence-corrected chi connectivity index (χ2v) is 9.26. The first-order valence-corrected chi connectivity index (χ1v) is 11.3. The normalized spacial score (nSPS) is 11.1. The van der Waals surface area contributed by atoms with Crippen LogP contribution in [0.3, 0.4) is 0 Å². The maximum atomic E-state index is 12.3. The number of primary amides is 1. The van der Waals surface area contributed by atoms with Crippen molar-refractivity contribution in [2.24, 2.45) is 5.73 Å². The number of esters is 1. The highest BCUT2D eigenvalue weighted by molar-refractivity contribution is 7.91. The second kappa shape index (κ2) is 9.66. The largest absolute Gasteiger partial charge is 0.462 e. The van der Waals surface area contributed by atoms with E-state index in [0.717, 1.165) is 11.3 Å². The Balaban J connectivity index is 2.06. The zero-order valence-corrected chi connectivity index (χ0v) is 17.7. The van der Waals surface area contributed by atoms with Crippen molar-refractivity contribution in [1.29, 1.82) is 0 Å². The topological polar surface area (TPSA) is 133 Å². The molecule has 0 unspecified atom stereocenters. The summed E-state index contributed by atoms with van der Waals surface area (Å²) in [5, 5.41) is 2.70. The molecular weight excluding hydrogens is 416 g/mol. The van der Waals surface area contributed by atoms with Crippen LogP contribution >= 0.6 is 11.3 Å². The maximum Gasteiger partial charge on any atom is 0.348 e. The van der Waals surface area contributed by atoms with E-state index in [1.54, 1.807) is 32.0 Å². The minimum atomic E-state index is -3.48. The molecule has 1 heterocycles. The maximum absolute atomic E-state index is 12.3. The Labute approximate surface area is 173 Å².